The van der Waals surface area contributed by atoms with Crippen molar-refractivity contribution in [2.45, 2.75) is 0 Å². The SMILES string of the molecule is [Ir].[c-]1ccccc1-c1cc(-c2c3oc4c(-c5ccccc5)cccc4c3cc3c2oc2c(-c4ccccc4)cccc23)ccn1. The number of hydrogen-bond acceptors (Lipinski definition) is 3. The van der Waals surface area contributed by atoms with E-state index in [-0.39, 0.29) is 20.1 Å². The summed E-state index contributed by atoms with van der Waals surface area (Å²) >= 11 is 0. The summed E-state index contributed by atoms with van der Waals surface area (Å²) in [5.41, 5.74) is 11.4. The van der Waals surface area contributed by atoms with E-state index in [2.05, 4.69) is 103 Å². The van der Waals surface area contributed by atoms with Crippen LogP contribution in [0.5, 0.6) is 0 Å². The normalized spacial score (nSPS) is 11.4. The van der Waals surface area contributed by atoms with Gasteiger partial charge in [0, 0.05) is 59.0 Å². The van der Waals surface area contributed by atoms with Crippen molar-refractivity contribution in [3.63, 3.8) is 0 Å². The Bertz CT molecular complexity index is 2350. The number of pyridine rings is 1. The summed E-state index contributed by atoms with van der Waals surface area (Å²) in [6.45, 7) is 0. The quantitative estimate of drug-likeness (QED) is 0.168. The molecule has 0 saturated carbocycles. The Morgan fingerprint density at radius 2 is 1.04 bits per heavy atom. The number of furan rings is 2. The van der Waals surface area contributed by atoms with E-state index in [4.69, 9.17) is 13.8 Å². The number of fused-ring (bicyclic) bond motifs is 6. The van der Waals surface area contributed by atoms with Crippen molar-refractivity contribution in [3.05, 3.63) is 152 Å². The van der Waals surface area contributed by atoms with Gasteiger partial charge in [-0.2, -0.15) is 0 Å². The summed E-state index contributed by atoms with van der Waals surface area (Å²) < 4.78 is 13.8. The smallest absolute Gasteiger partial charge is 0.147 e. The Morgan fingerprint density at radius 3 is 1.60 bits per heavy atom. The minimum Gasteiger partial charge on any atom is -0.455 e. The third kappa shape index (κ3) is 4.42. The molecule has 0 atom stereocenters. The van der Waals surface area contributed by atoms with E-state index < -0.39 is 0 Å². The zero-order chi connectivity index (χ0) is 29.0. The van der Waals surface area contributed by atoms with Crippen LogP contribution in [0.3, 0.4) is 0 Å². The van der Waals surface area contributed by atoms with Crippen LogP contribution in [0.1, 0.15) is 0 Å². The molecule has 1 radical (unpaired) electrons. The molecule has 0 N–H and O–H groups in total. The van der Waals surface area contributed by atoms with Crippen molar-refractivity contribution < 1.29 is 28.9 Å². The summed E-state index contributed by atoms with van der Waals surface area (Å²) in [5.74, 6) is 0. The second kappa shape index (κ2) is 11.0. The number of benzene rings is 6. The Morgan fingerprint density at radius 1 is 0.467 bits per heavy atom. The third-order valence-electron chi connectivity index (χ3n) is 8.45. The van der Waals surface area contributed by atoms with Gasteiger partial charge in [-0.3, -0.25) is 0 Å². The first-order chi connectivity index (χ1) is 21.8. The summed E-state index contributed by atoms with van der Waals surface area (Å²) in [7, 11) is 0. The molecule has 0 unspecified atom stereocenters. The molecule has 0 aliphatic rings. The molecule has 0 amide bonds. The van der Waals surface area contributed by atoms with Crippen molar-refractivity contribution in [1.29, 1.82) is 0 Å². The zero-order valence-electron chi connectivity index (χ0n) is 24.0. The molecule has 0 saturated heterocycles. The number of hydrogen-bond donors (Lipinski definition) is 0. The van der Waals surface area contributed by atoms with Crippen LogP contribution in [0.15, 0.2) is 155 Å². The van der Waals surface area contributed by atoms with Crippen molar-refractivity contribution in [1.82, 2.24) is 4.98 Å². The van der Waals surface area contributed by atoms with Gasteiger partial charge < -0.3 is 13.8 Å². The predicted molar refractivity (Wildman–Crippen MR) is 179 cm³/mol. The van der Waals surface area contributed by atoms with Gasteiger partial charge in [-0.15, -0.1) is 35.9 Å². The van der Waals surface area contributed by atoms with Crippen LogP contribution in [-0.2, 0) is 20.1 Å². The summed E-state index contributed by atoms with van der Waals surface area (Å²) in [4.78, 5) is 4.70. The number of aromatic nitrogens is 1. The molecular weight excluding hydrogens is 731 g/mol. The molecule has 0 bridgehead atoms. The van der Waals surface area contributed by atoms with E-state index in [0.29, 0.717) is 0 Å². The Kier molecular flexibility index (Phi) is 6.68. The van der Waals surface area contributed by atoms with E-state index >= 15 is 0 Å². The Balaban J connectivity index is 0.00000300. The van der Waals surface area contributed by atoms with Crippen LogP contribution < -0.4 is 0 Å². The van der Waals surface area contributed by atoms with E-state index in [1.165, 1.54) is 0 Å². The fraction of sp³-hybridized carbons (Fsp3) is 0. The topological polar surface area (TPSA) is 39.2 Å². The van der Waals surface area contributed by atoms with Crippen LogP contribution in [0.25, 0.3) is 88.5 Å². The number of rotatable bonds is 4. The maximum absolute atomic E-state index is 6.90. The Hall–Kier alpha value is -5.28. The van der Waals surface area contributed by atoms with Crippen LogP contribution >= 0.6 is 0 Å². The average molecular weight is 755 g/mol. The molecule has 0 fully saturated rings. The Labute approximate surface area is 273 Å². The third-order valence-corrected chi connectivity index (χ3v) is 8.45. The number of nitrogens with zero attached hydrogens (tertiary/aromatic N) is 1. The van der Waals surface area contributed by atoms with E-state index in [1.807, 2.05) is 48.7 Å². The largest absolute Gasteiger partial charge is 0.455 e. The van der Waals surface area contributed by atoms with Crippen LogP contribution in [0.2, 0.25) is 0 Å². The van der Waals surface area contributed by atoms with Gasteiger partial charge in [0.15, 0.2) is 0 Å². The zero-order valence-corrected chi connectivity index (χ0v) is 26.3. The minimum absolute atomic E-state index is 0. The molecule has 45 heavy (non-hydrogen) atoms. The molecule has 0 spiro atoms. The average Bonchev–Trinajstić information content (AvgIpc) is 3.66. The van der Waals surface area contributed by atoms with Crippen LogP contribution in [0.4, 0.5) is 0 Å². The van der Waals surface area contributed by atoms with E-state index in [0.717, 1.165) is 88.5 Å². The molecule has 3 nitrogen and oxygen atoms in total. The first kappa shape index (κ1) is 27.3. The van der Waals surface area contributed by atoms with Gasteiger partial charge >= 0.3 is 0 Å². The summed E-state index contributed by atoms with van der Waals surface area (Å²) in [5, 5.41) is 4.25. The first-order valence-corrected chi connectivity index (χ1v) is 14.7. The summed E-state index contributed by atoms with van der Waals surface area (Å²) in [6, 6.07) is 51.2. The molecule has 0 aliphatic carbocycles. The van der Waals surface area contributed by atoms with Crippen molar-refractivity contribution in [2.75, 3.05) is 0 Å². The van der Waals surface area contributed by atoms with Crippen LogP contribution in [0, 0.1) is 6.07 Å². The first-order valence-electron chi connectivity index (χ1n) is 14.7. The molecular formula is C41H24IrNO2-. The van der Waals surface area contributed by atoms with Gasteiger partial charge in [0.1, 0.15) is 22.3 Å². The van der Waals surface area contributed by atoms with Crippen molar-refractivity contribution >= 4 is 43.9 Å². The molecule has 6 aromatic carbocycles. The van der Waals surface area contributed by atoms with E-state index in [9.17, 15) is 0 Å². The molecule has 9 aromatic rings. The van der Waals surface area contributed by atoms with Crippen LogP contribution in [-0.4, -0.2) is 4.98 Å². The van der Waals surface area contributed by atoms with E-state index in [1.54, 1.807) is 0 Å². The standard InChI is InChI=1S/C41H24NO2.Ir/c1-4-12-26(13-5-1)30-18-10-20-32-34-25-35-33-21-11-19-31(27-14-6-2-7-15-27)39(33)44-41(35)37(40(34)43-38(30)32)29-22-23-42-36(24-29)28-16-8-3-9-17-28;/h1-16,18-25H;/q-1;. The van der Waals surface area contributed by atoms with Gasteiger partial charge in [-0.05, 0) is 34.5 Å². The van der Waals surface area contributed by atoms with Gasteiger partial charge in [0.05, 0.1) is 5.56 Å². The predicted octanol–water partition coefficient (Wildman–Crippen LogP) is 11.3. The van der Waals surface area contributed by atoms with Gasteiger partial charge in [-0.25, -0.2) is 0 Å². The van der Waals surface area contributed by atoms with Gasteiger partial charge in [0.25, 0.3) is 0 Å². The molecule has 3 heterocycles. The minimum atomic E-state index is 0. The molecule has 0 aliphatic heterocycles. The fourth-order valence-corrected chi connectivity index (χ4v) is 6.42. The fourth-order valence-electron chi connectivity index (χ4n) is 6.42. The number of para-hydroxylation sites is 2. The van der Waals surface area contributed by atoms with Gasteiger partial charge in [0.2, 0.25) is 0 Å². The molecule has 4 heteroatoms. The van der Waals surface area contributed by atoms with Gasteiger partial charge in [-0.1, -0.05) is 103 Å². The second-order valence-corrected chi connectivity index (χ2v) is 11.0. The monoisotopic (exact) mass is 755 g/mol. The maximum atomic E-state index is 6.90. The second-order valence-electron chi connectivity index (χ2n) is 11.0. The molecule has 3 aromatic heterocycles. The molecule has 9 rings (SSSR count). The van der Waals surface area contributed by atoms with Crippen molar-refractivity contribution in [2.24, 2.45) is 0 Å². The summed E-state index contributed by atoms with van der Waals surface area (Å²) in [6.07, 6.45) is 1.85. The molecule has 215 valence electrons. The van der Waals surface area contributed by atoms with Crippen molar-refractivity contribution in [3.8, 4) is 44.6 Å². The maximum Gasteiger partial charge on any atom is 0.147 e.